The molecule has 0 aliphatic heterocycles. The van der Waals surface area contributed by atoms with Gasteiger partial charge < -0.3 is 4.98 Å². The van der Waals surface area contributed by atoms with Gasteiger partial charge in [-0.1, -0.05) is 6.07 Å². The van der Waals surface area contributed by atoms with Crippen molar-refractivity contribution in [2.24, 2.45) is 5.10 Å². The Labute approximate surface area is 168 Å². The van der Waals surface area contributed by atoms with Gasteiger partial charge in [0.15, 0.2) is 5.16 Å². The number of nitro groups is 1. The Hall–Kier alpha value is -3.86. The molecule has 3 aromatic rings. The van der Waals surface area contributed by atoms with Crippen LogP contribution in [0.1, 0.15) is 21.6 Å². The highest BCUT2D eigenvalue weighted by Crippen LogP contribution is 2.33. The molecule has 3 rings (SSSR count). The summed E-state index contributed by atoms with van der Waals surface area (Å²) in [6.07, 6.45) is 4.26. The van der Waals surface area contributed by atoms with E-state index in [9.17, 15) is 19.7 Å². The third-order valence-corrected chi connectivity index (χ3v) is 4.51. The second-order valence-corrected chi connectivity index (χ2v) is 6.74. The third kappa shape index (κ3) is 5.32. The Bertz CT molecular complexity index is 1150. The highest BCUT2D eigenvalue weighted by atomic mass is 32.2. The maximum atomic E-state index is 11.9. The van der Waals surface area contributed by atoms with Crippen LogP contribution in [0.5, 0.6) is 0 Å². The van der Waals surface area contributed by atoms with Crippen molar-refractivity contribution < 1.29 is 9.72 Å². The number of aryl methyl sites for hydroxylation is 1. The summed E-state index contributed by atoms with van der Waals surface area (Å²) < 4.78 is 0. The predicted molar refractivity (Wildman–Crippen MR) is 106 cm³/mol. The van der Waals surface area contributed by atoms with Crippen LogP contribution in [-0.4, -0.2) is 32.0 Å². The van der Waals surface area contributed by atoms with E-state index in [1.54, 1.807) is 13.0 Å². The van der Waals surface area contributed by atoms with Crippen LogP contribution in [0.2, 0.25) is 0 Å². The fourth-order valence-corrected chi connectivity index (χ4v) is 3.20. The van der Waals surface area contributed by atoms with E-state index in [-0.39, 0.29) is 16.4 Å². The number of carbonyl (C=O) groups is 1. The lowest BCUT2D eigenvalue weighted by atomic mass is 10.2. The van der Waals surface area contributed by atoms with Crippen LogP contribution in [-0.2, 0) is 0 Å². The first-order chi connectivity index (χ1) is 13.9. The molecular formula is C18H14N6O4S. The fraction of sp³-hybridized carbons (Fsp3) is 0.0556. The molecular weight excluding hydrogens is 396 g/mol. The van der Waals surface area contributed by atoms with E-state index < -0.39 is 10.8 Å². The molecule has 0 fully saturated rings. The maximum absolute atomic E-state index is 11.9. The molecule has 0 unspecified atom stereocenters. The van der Waals surface area contributed by atoms with Gasteiger partial charge in [-0.2, -0.15) is 5.10 Å². The van der Waals surface area contributed by atoms with Gasteiger partial charge in [-0.05, 0) is 36.9 Å². The summed E-state index contributed by atoms with van der Waals surface area (Å²) in [6.45, 7) is 1.66. The van der Waals surface area contributed by atoms with Crippen LogP contribution in [0.4, 0.5) is 5.69 Å². The van der Waals surface area contributed by atoms with Crippen molar-refractivity contribution in [1.82, 2.24) is 20.4 Å². The maximum Gasteiger partial charge on any atom is 0.283 e. The summed E-state index contributed by atoms with van der Waals surface area (Å²) in [4.78, 5) is 45.2. The van der Waals surface area contributed by atoms with Crippen molar-refractivity contribution in [3.8, 4) is 0 Å². The van der Waals surface area contributed by atoms with Crippen LogP contribution in [0.15, 0.2) is 68.7 Å². The average Bonchev–Trinajstić information content (AvgIpc) is 2.68. The number of carbonyl (C=O) groups excluding carboxylic acids is 1. The fourth-order valence-electron chi connectivity index (χ4n) is 2.28. The highest BCUT2D eigenvalue weighted by Gasteiger charge is 2.16. The van der Waals surface area contributed by atoms with E-state index in [0.29, 0.717) is 21.7 Å². The minimum Gasteiger partial charge on any atom is -0.301 e. The molecule has 2 heterocycles. The number of hydrogen-bond donors (Lipinski definition) is 2. The number of nitro benzene ring substituents is 1. The first kappa shape index (κ1) is 19.9. The molecule has 0 saturated carbocycles. The molecule has 0 bridgehead atoms. The van der Waals surface area contributed by atoms with Crippen LogP contribution < -0.4 is 11.0 Å². The molecule has 0 aliphatic rings. The average molecular weight is 410 g/mol. The van der Waals surface area contributed by atoms with E-state index in [1.165, 1.54) is 48.9 Å². The highest BCUT2D eigenvalue weighted by molar-refractivity contribution is 7.99. The van der Waals surface area contributed by atoms with Gasteiger partial charge in [0.2, 0.25) is 0 Å². The van der Waals surface area contributed by atoms with Crippen LogP contribution in [0.25, 0.3) is 0 Å². The number of benzene rings is 1. The second kappa shape index (κ2) is 8.89. The molecule has 0 saturated heterocycles. The molecule has 11 heteroatoms. The summed E-state index contributed by atoms with van der Waals surface area (Å²) in [5.41, 5.74) is 3.14. The molecule has 2 aromatic heterocycles. The first-order valence-electron chi connectivity index (χ1n) is 8.20. The summed E-state index contributed by atoms with van der Waals surface area (Å²) in [7, 11) is 0. The molecule has 146 valence electrons. The number of rotatable bonds is 6. The van der Waals surface area contributed by atoms with Gasteiger partial charge in [0.05, 0.1) is 16.0 Å². The lowest BCUT2D eigenvalue weighted by molar-refractivity contribution is -0.387. The smallest absolute Gasteiger partial charge is 0.283 e. The largest absolute Gasteiger partial charge is 0.301 e. The molecule has 2 N–H and O–H groups in total. The standard InChI is InChI=1S/C18H14N6O4S/c1-11-8-16(25)22-18(21-11)29-15-3-2-12(9-14(15)24(27)28)10-20-23-17(26)13-4-6-19-7-5-13/h2-10H,1H3,(H,23,26)(H,21,22,25)/b20-10-. The summed E-state index contributed by atoms with van der Waals surface area (Å²) in [6, 6.07) is 8.84. The second-order valence-electron chi connectivity index (χ2n) is 5.71. The van der Waals surface area contributed by atoms with E-state index in [0.717, 1.165) is 11.8 Å². The monoisotopic (exact) mass is 410 g/mol. The van der Waals surface area contributed by atoms with Gasteiger partial charge >= 0.3 is 0 Å². The molecule has 10 nitrogen and oxygen atoms in total. The molecule has 0 spiro atoms. The number of H-pyrrole nitrogens is 1. The number of pyridine rings is 1. The zero-order valence-electron chi connectivity index (χ0n) is 15.0. The number of aromatic nitrogens is 3. The van der Waals surface area contributed by atoms with Crippen molar-refractivity contribution in [3.63, 3.8) is 0 Å². The Morgan fingerprint density at radius 1 is 1.28 bits per heavy atom. The third-order valence-electron chi connectivity index (χ3n) is 3.56. The SMILES string of the molecule is Cc1cc(=O)[nH]c(Sc2ccc(/C=N\NC(=O)c3ccncc3)cc2[N+](=O)[O-])n1. The lowest BCUT2D eigenvalue weighted by Crippen LogP contribution is -2.17. The van der Waals surface area contributed by atoms with Gasteiger partial charge in [0.1, 0.15) is 0 Å². The van der Waals surface area contributed by atoms with Crippen molar-refractivity contribution >= 4 is 29.6 Å². The minimum atomic E-state index is -0.539. The number of amides is 1. The topological polar surface area (TPSA) is 143 Å². The number of nitrogens with zero attached hydrogens (tertiary/aromatic N) is 4. The molecule has 0 atom stereocenters. The van der Waals surface area contributed by atoms with Gasteiger partial charge in [0.25, 0.3) is 17.2 Å². The molecule has 0 radical (unpaired) electrons. The van der Waals surface area contributed by atoms with Gasteiger partial charge in [0, 0.05) is 41.3 Å². The van der Waals surface area contributed by atoms with Crippen molar-refractivity contribution in [2.75, 3.05) is 0 Å². The Morgan fingerprint density at radius 3 is 2.72 bits per heavy atom. The van der Waals surface area contributed by atoms with Gasteiger partial charge in [-0.15, -0.1) is 0 Å². The van der Waals surface area contributed by atoms with Crippen LogP contribution in [0.3, 0.4) is 0 Å². The number of nitrogens with one attached hydrogen (secondary N) is 2. The Morgan fingerprint density at radius 2 is 2.03 bits per heavy atom. The van der Waals surface area contributed by atoms with Crippen molar-refractivity contribution in [2.45, 2.75) is 17.0 Å². The summed E-state index contributed by atoms with van der Waals surface area (Å²) >= 11 is 0.977. The van der Waals surface area contributed by atoms with Gasteiger partial charge in [-0.3, -0.25) is 24.7 Å². The zero-order chi connectivity index (χ0) is 20.8. The van der Waals surface area contributed by atoms with Crippen LogP contribution in [0, 0.1) is 17.0 Å². The number of hydrogen-bond acceptors (Lipinski definition) is 8. The van der Waals surface area contributed by atoms with Crippen molar-refractivity contribution in [1.29, 1.82) is 0 Å². The molecule has 1 amide bonds. The lowest BCUT2D eigenvalue weighted by Gasteiger charge is -2.04. The normalized spacial score (nSPS) is 10.8. The predicted octanol–water partition coefficient (Wildman–Crippen LogP) is 2.30. The molecule has 29 heavy (non-hydrogen) atoms. The van der Waals surface area contributed by atoms with Crippen molar-refractivity contribution in [3.05, 3.63) is 86.1 Å². The minimum absolute atomic E-state index is 0.177. The quantitative estimate of drug-likeness (QED) is 0.275. The first-order valence-corrected chi connectivity index (χ1v) is 9.02. The summed E-state index contributed by atoms with van der Waals surface area (Å²) in [5.74, 6) is -0.431. The number of aromatic amines is 1. The summed E-state index contributed by atoms with van der Waals surface area (Å²) in [5, 5.41) is 15.5. The Kier molecular flexibility index (Phi) is 6.09. The number of hydrazone groups is 1. The Balaban J connectivity index is 1.78. The molecule has 0 aliphatic carbocycles. The molecule has 1 aromatic carbocycles. The van der Waals surface area contributed by atoms with E-state index in [1.807, 2.05) is 0 Å². The van der Waals surface area contributed by atoms with E-state index in [2.05, 4.69) is 25.5 Å². The zero-order valence-corrected chi connectivity index (χ0v) is 15.8. The van der Waals surface area contributed by atoms with Gasteiger partial charge in [-0.25, -0.2) is 10.4 Å². The van der Waals surface area contributed by atoms with E-state index in [4.69, 9.17) is 0 Å². The van der Waals surface area contributed by atoms with Crippen LogP contribution >= 0.6 is 11.8 Å². The van der Waals surface area contributed by atoms with E-state index >= 15 is 0 Å².